The van der Waals surface area contributed by atoms with Crippen LogP contribution in [-0.4, -0.2) is 17.2 Å². The Morgan fingerprint density at radius 1 is 1.19 bits per heavy atom. The molecule has 5 heteroatoms. The second-order valence-electron chi connectivity index (χ2n) is 7.76. The van der Waals surface area contributed by atoms with E-state index < -0.39 is 5.72 Å². The van der Waals surface area contributed by atoms with Gasteiger partial charge < -0.3 is 9.64 Å². The molecule has 0 saturated carbocycles. The summed E-state index contributed by atoms with van der Waals surface area (Å²) in [4.78, 5) is 13.1. The topological polar surface area (TPSA) is 55.6 Å². The monoisotopic (exact) mass is 364 g/mol. The van der Waals surface area contributed by atoms with Gasteiger partial charge in [0.2, 0.25) is 5.72 Å². The minimum absolute atomic E-state index is 0.0785. The summed E-state index contributed by atoms with van der Waals surface area (Å²) in [6.07, 6.45) is 6.21. The van der Waals surface area contributed by atoms with Crippen LogP contribution in [0.5, 0.6) is 5.75 Å². The van der Waals surface area contributed by atoms with E-state index in [-0.39, 0.29) is 16.0 Å². The Morgan fingerprint density at radius 3 is 2.70 bits per heavy atom. The Morgan fingerprint density at radius 2 is 1.96 bits per heavy atom. The molecule has 4 rings (SSSR count). The van der Waals surface area contributed by atoms with Gasteiger partial charge in [0.25, 0.3) is 5.69 Å². The highest BCUT2D eigenvalue weighted by Crippen LogP contribution is 2.55. The lowest BCUT2D eigenvalue weighted by atomic mass is 9.76. The molecule has 140 valence electrons. The summed E-state index contributed by atoms with van der Waals surface area (Å²) < 4.78 is 6.64. The van der Waals surface area contributed by atoms with E-state index >= 15 is 0 Å². The summed E-state index contributed by atoms with van der Waals surface area (Å²) in [6.45, 7) is 7.49. The van der Waals surface area contributed by atoms with Gasteiger partial charge in [-0.15, -0.1) is 0 Å². The number of para-hydroxylation sites is 1. The third-order valence-electron chi connectivity index (χ3n) is 5.86. The normalized spacial score (nSPS) is 21.7. The van der Waals surface area contributed by atoms with Crippen LogP contribution >= 0.6 is 0 Å². The number of unbranched alkanes of at least 4 members (excludes halogenated alkanes) is 1. The van der Waals surface area contributed by atoms with Crippen molar-refractivity contribution in [2.45, 2.75) is 44.8 Å². The van der Waals surface area contributed by atoms with Crippen molar-refractivity contribution >= 4 is 17.5 Å². The summed E-state index contributed by atoms with van der Waals surface area (Å²) in [6, 6.07) is 13.3. The first-order valence-corrected chi connectivity index (χ1v) is 9.44. The number of benzene rings is 2. The van der Waals surface area contributed by atoms with Crippen LogP contribution in [0.25, 0.3) is 6.08 Å². The molecule has 0 saturated heterocycles. The molecule has 1 atom stereocenters. The number of nitrogens with zero attached hydrogens (tertiary/aromatic N) is 2. The van der Waals surface area contributed by atoms with E-state index in [1.165, 1.54) is 17.3 Å². The van der Waals surface area contributed by atoms with Crippen molar-refractivity contribution in [1.29, 1.82) is 0 Å². The van der Waals surface area contributed by atoms with Gasteiger partial charge in [0, 0.05) is 29.9 Å². The number of non-ortho nitro benzene ring substituents is 1. The van der Waals surface area contributed by atoms with Gasteiger partial charge in [-0.1, -0.05) is 31.5 Å². The van der Waals surface area contributed by atoms with E-state index in [2.05, 4.69) is 56.0 Å². The molecule has 0 fully saturated rings. The molecule has 2 aromatic carbocycles. The molecule has 0 amide bonds. The first-order valence-electron chi connectivity index (χ1n) is 9.44. The average molecular weight is 364 g/mol. The van der Waals surface area contributed by atoms with Crippen molar-refractivity contribution in [2.75, 3.05) is 11.4 Å². The Bertz CT molecular complexity index is 935. The van der Waals surface area contributed by atoms with E-state index in [4.69, 9.17) is 4.74 Å². The fourth-order valence-electron chi connectivity index (χ4n) is 4.31. The van der Waals surface area contributed by atoms with E-state index in [9.17, 15) is 10.1 Å². The molecule has 0 aliphatic carbocycles. The van der Waals surface area contributed by atoms with Crippen LogP contribution in [0.2, 0.25) is 0 Å². The molecule has 2 aromatic rings. The number of nitro groups is 1. The van der Waals surface area contributed by atoms with Gasteiger partial charge in [-0.25, -0.2) is 0 Å². The minimum Gasteiger partial charge on any atom is -0.463 e. The van der Waals surface area contributed by atoms with Crippen LogP contribution in [-0.2, 0) is 5.41 Å². The van der Waals surface area contributed by atoms with Crippen molar-refractivity contribution in [3.8, 4) is 5.75 Å². The standard InChI is InChI=1S/C22H24N2O3/c1-4-5-14-23-19-9-7-6-8-18(19)21(2,3)22(23)13-12-16-15-17(24(25)26)10-11-20(16)27-22/h6-13,15H,4-5,14H2,1-3H3/t22-/m1/s1. The molecule has 27 heavy (non-hydrogen) atoms. The van der Waals surface area contributed by atoms with Crippen LogP contribution in [0.15, 0.2) is 48.5 Å². The Hall–Kier alpha value is -2.82. The number of hydrogen-bond acceptors (Lipinski definition) is 4. The van der Waals surface area contributed by atoms with E-state index in [0.29, 0.717) is 5.75 Å². The number of hydrogen-bond donors (Lipinski definition) is 0. The third-order valence-corrected chi connectivity index (χ3v) is 5.86. The SMILES string of the molecule is CCCCN1c2ccccc2C(C)(C)[C@]12C=Cc1cc([N+](=O)[O-])ccc1O2. The molecule has 2 heterocycles. The van der Waals surface area contributed by atoms with Crippen molar-refractivity contribution in [3.63, 3.8) is 0 Å². The van der Waals surface area contributed by atoms with Gasteiger partial charge in [-0.3, -0.25) is 10.1 Å². The molecule has 0 unspecified atom stereocenters. The van der Waals surface area contributed by atoms with Gasteiger partial charge in [0.05, 0.1) is 10.3 Å². The second-order valence-corrected chi connectivity index (χ2v) is 7.76. The first-order chi connectivity index (χ1) is 12.9. The fraction of sp³-hybridized carbons (Fsp3) is 0.364. The third kappa shape index (κ3) is 2.45. The molecular weight excluding hydrogens is 340 g/mol. The molecule has 0 aromatic heterocycles. The average Bonchev–Trinajstić information content (AvgIpc) is 2.84. The summed E-state index contributed by atoms with van der Waals surface area (Å²) in [5.41, 5.74) is 2.37. The van der Waals surface area contributed by atoms with Crippen LogP contribution in [0.4, 0.5) is 11.4 Å². The molecule has 2 aliphatic heterocycles. The summed E-state index contributed by atoms with van der Waals surface area (Å²) in [7, 11) is 0. The summed E-state index contributed by atoms with van der Waals surface area (Å²) >= 11 is 0. The van der Waals surface area contributed by atoms with Crippen molar-refractivity contribution in [2.24, 2.45) is 0 Å². The van der Waals surface area contributed by atoms with Gasteiger partial charge in [0.15, 0.2) is 0 Å². The van der Waals surface area contributed by atoms with E-state index in [0.717, 1.165) is 24.9 Å². The maximum atomic E-state index is 11.1. The summed E-state index contributed by atoms with van der Waals surface area (Å²) in [5.74, 6) is 0.686. The van der Waals surface area contributed by atoms with E-state index in [1.54, 1.807) is 12.1 Å². The van der Waals surface area contributed by atoms with Gasteiger partial charge in [-0.05, 0) is 50.1 Å². The zero-order chi connectivity index (χ0) is 19.2. The highest BCUT2D eigenvalue weighted by Gasteiger charge is 2.58. The zero-order valence-electron chi connectivity index (χ0n) is 15.9. The maximum Gasteiger partial charge on any atom is 0.270 e. The Balaban J connectivity index is 1.83. The van der Waals surface area contributed by atoms with Crippen molar-refractivity contribution < 1.29 is 9.66 Å². The highest BCUT2D eigenvalue weighted by molar-refractivity contribution is 5.73. The van der Waals surface area contributed by atoms with Gasteiger partial charge in [0.1, 0.15) is 5.75 Å². The lowest BCUT2D eigenvalue weighted by Crippen LogP contribution is -2.59. The van der Waals surface area contributed by atoms with E-state index in [1.807, 2.05) is 6.08 Å². The molecule has 0 bridgehead atoms. The van der Waals surface area contributed by atoms with Gasteiger partial charge in [-0.2, -0.15) is 0 Å². The molecule has 0 radical (unpaired) electrons. The molecule has 0 N–H and O–H groups in total. The highest BCUT2D eigenvalue weighted by atomic mass is 16.6. The Labute approximate surface area is 159 Å². The number of rotatable bonds is 4. The van der Waals surface area contributed by atoms with Crippen LogP contribution in [0.1, 0.15) is 44.7 Å². The lowest BCUT2D eigenvalue weighted by Gasteiger charge is -2.47. The quantitative estimate of drug-likeness (QED) is 0.546. The van der Waals surface area contributed by atoms with Crippen LogP contribution < -0.4 is 9.64 Å². The number of anilines is 1. The maximum absolute atomic E-state index is 11.1. The predicted molar refractivity (Wildman–Crippen MR) is 107 cm³/mol. The Kier molecular flexibility index (Phi) is 3.98. The second kappa shape index (κ2) is 6.12. The zero-order valence-corrected chi connectivity index (χ0v) is 15.9. The summed E-state index contributed by atoms with van der Waals surface area (Å²) in [5, 5.41) is 11.1. The first kappa shape index (κ1) is 17.6. The smallest absolute Gasteiger partial charge is 0.270 e. The largest absolute Gasteiger partial charge is 0.463 e. The molecule has 1 spiro atoms. The van der Waals surface area contributed by atoms with Crippen molar-refractivity contribution in [1.82, 2.24) is 0 Å². The molecular formula is C22H24N2O3. The van der Waals surface area contributed by atoms with Crippen LogP contribution in [0.3, 0.4) is 0 Å². The predicted octanol–water partition coefficient (Wildman–Crippen LogP) is 5.29. The fourth-order valence-corrected chi connectivity index (χ4v) is 4.31. The van der Waals surface area contributed by atoms with Crippen LogP contribution in [0, 0.1) is 10.1 Å². The number of ether oxygens (including phenoxy) is 1. The minimum atomic E-state index is -0.644. The van der Waals surface area contributed by atoms with Crippen molar-refractivity contribution in [3.05, 3.63) is 69.8 Å². The number of fused-ring (bicyclic) bond motifs is 2. The molecule has 2 aliphatic rings. The number of nitro benzene ring substituents is 1. The molecule has 5 nitrogen and oxygen atoms in total. The van der Waals surface area contributed by atoms with Gasteiger partial charge >= 0.3 is 0 Å². The lowest BCUT2D eigenvalue weighted by molar-refractivity contribution is -0.384.